The highest BCUT2D eigenvalue weighted by Gasteiger charge is 2.73. The SMILES string of the molecule is COc1cc(/C=N/NC(F)(F)C(F)(F)C(F)(F)F)cc(Cl)c1OCc1ccc(I)cc1. The Labute approximate surface area is 190 Å². The fourth-order valence-corrected chi connectivity index (χ4v) is 2.76. The van der Waals surface area contributed by atoms with Crippen molar-refractivity contribution in [1.29, 1.82) is 0 Å². The van der Waals surface area contributed by atoms with Gasteiger partial charge < -0.3 is 9.47 Å². The molecule has 31 heavy (non-hydrogen) atoms. The van der Waals surface area contributed by atoms with Crippen molar-refractivity contribution in [3.63, 3.8) is 0 Å². The molecule has 0 spiro atoms. The molecule has 0 atom stereocenters. The van der Waals surface area contributed by atoms with E-state index >= 15 is 0 Å². The van der Waals surface area contributed by atoms with Crippen molar-refractivity contribution in [3.05, 3.63) is 56.1 Å². The summed E-state index contributed by atoms with van der Waals surface area (Å²) in [5, 5.41) is 2.75. The highest BCUT2D eigenvalue weighted by molar-refractivity contribution is 14.1. The molecule has 0 aliphatic heterocycles. The average molecular weight is 585 g/mol. The van der Waals surface area contributed by atoms with Crippen molar-refractivity contribution >= 4 is 40.4 Å². The molecule has 2 aromatic rings. The van der Waals surface area contributed by atoms with Crippen LogP contribution in [0.3, 0.4) is 0 Å². The normalized spacial score (nSPS) is 12.8. The molecule has 0 saturated carbocycles. The number of hydrogen-bond donors (Lipinski definition) is 1. The second kappa shape index (κ2) is 9.67. The third kappa shape index (κ3) is 6.05. The summed E-state index contributed by atoms with van der Waals surface area (Å²) in [5.74, 6) is -6.16. The molecule has 0 saturated heterocycles. The molecule has 0 aliphatic carbocycles. The van der Waals surface area contributed by atoms with E-state index in [1.54, 1.807) is 0 Å². The molecular formula is C18H13ClF7IN2O2. The third-order valence-electron chi connectivity index (χ3n) is 3.72. The molecule has 1 N–H and O–H groups in total. The lowest BCUT2D eigenvalue weighted by Crippen LogP contribution is -2.58. The second-order valence-electron chi connectivity index (χ2n) is 5.97. The summed E-state index contributed by atoms with van der Waals surface area (Å²) in [4.78, 5) is 0. The van der Waals surface area contributed by atoms with E-state index in [4.69, 9.17) is 21.1 Å². The molecule has 0 fully saturated rings. The number of methoxy groups -OCH3 is 1. The van der Waals surface area contributed by atoms with Crippen LogP contribution in [-0.4, -0.2) is 31.5 Å². The zero-order valence-electron chi connectivity index (χ0n) is 15.4. The van der Waals surface area contributed by atoms with Gasteiger partial charge in [-0.1, -0.05) is 23.7 Å². The first-order valence-electron chi connectivity index (χ1n) is 8.16. The van der Waals surface area contributed by atoms with Crippen LogP contribution in [0.4, 0.5) is 30.7 Å². The first-order chi connectivity index (χ1) is 14.3. The molecule has 2 aromatic carbocycles. The van der Waals surface area contributed by atoms with Gasteiger partial charge in [-0.25, -0.2) is 5.43 Å². The molecule has 0 aliphatic rings. The predicted molar refractivity (Wildman–Crippen MR) is 108 cm³/mol. The number of alkyl halides is 7. The van der Waals surface area contributed by atoms with Crippen molar-refractivity contribution in [2.75, 3.05) is 7.11 Å². The van der Waals surface area contributed by atoms with Gasteiger partial charge in [0.1, 0.15) is 6.61 Å². The Hall–Kier alpha value is -1.96. The zero-order valence-corrected chi connectivity index (χ0v) is 18.3. The van der Waals surface area contributed by atoms with Crippen LogP contribution in [0.5, 0.6) is 11.5 Å². The summed E-state index contributed by atoms with van der Waals surface area (Å²) in [6, 6.07) is 4.11. The summed E-state index contributed by atoms with van der Waals surface area (Å²) >= 11 is 8.24. The van der Waals surface area contributed by atoms with Gasteiger partial charge in [0.25, 0.3) is 0 Å². The highest BCUT2D eigenvalue weighted by atomic mass is 127. The van der Waals surface area contributed by atoms with Crippen molar-refractivity contribution in [2.45, 2.75) is 24.8 Å². The van der Waals surface area contributed by atoms with Gasteiger partial charge in [0, 0.05) is 3.57 Å². The lowest BCUT2D eigenvalue weighted by atomic mass is 10.2. The Morgan fingerprint density at radius 3 is 2.23 bits per heavy atom. The predicted octanol–water partition coefficient (Wildman–Crippen LogP) is 6.25. The molecule has 2 rings (SSSR count). The minimum atomic E-state index is -6.47. The Morgan fingerprint density at radius 1 is 1.06 bits per heavy atom. The van der Waals surface area contributed by atoms with E-state index in [0.29, 0.717) is 11.6 Å². The first-order valence-corrected chi connectivity index (χ1v) is 9.61. The Balaban J connectivity index is 2.16. The number of benzene rings is 2. The van der Waals surface area contributed by atoms with E-state index in [1.807, 2.05) is 24.3 Å². The molecule has 0 bridgehead atoms. The van der Waals surface area contributed by atoms with Gasteiger partial charge in [-0.05, 0) is 58.0 Å². The van der Waals surface area contributed by atoms with E-state index < -0.39 is 18.1 Å². The van der Waals surface area contributed by atoms with E-state index in [2.05, 4.69) is 27.7 Å². The number of hydrazone groups is 1. The van der Waals surface area contributed by atoms with Gasteiger partial charge in [0.05, 0.1) is 18.3 Å². The molecular weight excluding hydrogens is 572 g/mol. The Morgan fingerprint density at radius 2 is 1.68 bits per heavy atom. The summed E-state index contributed by atoms with van der Waals surface area (Å²) in [5.41, 5.74) is 1.32. The van der Waals surface area contributed by atoms with Crippen LogP contribution in [0.15, 0.2) is 41.5 Å². The maximum Gasteiger partial charge on any atom is 0.462 e. The number of nitrogens with one attached hydrogen (secondary N) is 1. The summed E-state index contributed by atoms with van der Waals surface area (Å²) < 4.78 is 100. The first kappa shape index (κ1) is 25.3. The molecule has 0 heterocycles. The van der Waals surface area contributed by atoms with Gasteiger partial charge in [0.2, 0.25) is 0 Å². The maximum absolute atomic E-state index is 13.2. The number of hydrogen-bond acceptors (Lipinski definition) is 4. The highest BCUT2D eigenvalue weighted by Crippen LogP contribution is 2.45. The van der Waals surface area contributed by atoms with Crippen molar-refractivity contribution < 1.29 is 40.2 Å². The summed E-state index contributed by atoms with van der Waals surface area (Å²) in [7, 11) is 1.26. The van der Waals surface area contributed by atoms with Crippen LogP contribution in [0, 0.1) is 3.57 Å². The smallest absolute Gasteiger partial charge is 0.462 e. The minimum Gasteiger partial charge on any atom is -0.493 e. The number of halogens is 9. The lowest BCUT2D eigenvalue weighted by Gasteiger charge is -2.27. The summed E-state index contributed by atoms with van der Waals surface area (Å²) in [6.07, 6.45) is -5.89. The Bertz CT molecular complexity index is 938. The van der Waals surface area contributed by atoms with E-state index in [9.17, 15) is 30.7 Å². The quantitative estimate of drug-likeness (QED) is 0.131. The van der Waals surface area contributed by atoms with Crippen molar-refractivity contribution in [3.8, 4) is 11.5 Å². The number of ether oxygens (including phenoxy) is 2. The Kier molecular flexibility index (Phi) is 7.89. The zero-order chi connectivity index (χ0) is 23.4. The number of rotatable bonds is 8. The van der Waals surface area contributed by atoms with Gasteiger partial charge >= 0.3 is 18.1 Å². The largest absolute Gasteiger partial charge is 0.493 e. The van der Waals surface area contributed by atoms with Crippen LogP contribution in [0.1, 0.15) is 11.1 Å². The van der Waals surface area contributed by atoms with Crippen LogP contribution in [0.2, 0.25) is 5.02 Å². The fraction of sp³-hybridized carbons (Fsp3) is 0.278. The maximum atomic E-state index is 13.2. The molecule has 0 unspecified atom stereocenters. The molecule has 0 aromatic heterocycles. The standard InChI is InChI=1S/C18H13ClF7IN2O2/c1-30-14-7-11(8-28-29-18(25,26)16(20,21)17(22,23)24)6-13(19)15(14)31-9-10-2-4-12(27)5-3-10/h2-8,29H,9H2,1H3/b28-8+. The monoisotopic (exact) mass is 584 g/mol. The van der Waals surface area contributed by atoms with Gasteiger partial charge in [-0.15, -0.1) is 0 Å². The third-order valence-corrected chi connectivity index (χ3v) is 4.72. The molecule has 0 amide bonds. The topological polar surface area (TPSA) is 42.8 Å². The summed E-state index contributed by atoms with van der Waals surface area (Å²) in [6.45, 7) is 0.126. The van der Waals surface area contributed by atoms with E-state index in [-0.39, 0.29) is 28.7 Å². The number of nitrogens with zero attached hydrogens (tertiary/aromatic N) is 1. The molecule has 13 heteroatoms. The van der Waals surface area contributed by atoms with Crippen molar-refractivity contribution in [2.24, 2.45) is 5.10 Å². The van der Waals surface area contributed by atoms with Crippen LogP contribution in [-0.2, 0) is 6.61 Å². The second-order valence-corrected chi connectivity index (χ2v) is 7.62. The van der Waals surface area contributed by atoms with Crippen molar-refractivity contribution in [1.82, 2.24) is 5.43 Å². The van der Waals surface area contributed by atoms with E-state index in [0.717, 1.165) is 9.13 Å². The van der Waals surface area contributed by atoms with Gasteiger partial charge in [-0.3, -0.25) is 0 Å². The van der Waals surface area contributed by atoms with E-state index in [1.165, 1.54) is 19.2 Å². The van der Waals surface area contributed by atoms with Crippen LogP contribution in [0.25, 0.3) is 0 Å². The van der Waals surface area contributed by atoms with Gasteiger partial charge in [0.15, 0.2) is 11.5 Å². The fourth-order valence-electron chi connectivity index (χ4n) is 2.13. The van der Waals surface area contributed by atoms with Crippen LogP contribution >= 0.6 is 34.2 Å². The van der Waals surface area contributed by atoms with Gasteiger partial charge in [-0.2, -0.15) is 35.8 Å². The van der Waals surface area contributed by atoms with Crippen LogP contribution < -0.4 is 14.9 Å². The molecule has 0 radical (unpaired) electrons. The average Bonchev–Trinajstić information content (AvgIpc) is 2.67. The lowest BCUT2D eigenvalue weighted by molar-refractivity contribution is -0.361. The molecule has 4 nitrogen and oxygen atoms in total. The minimum absolute atomic E-state index is 0.0258. The molecule has 170 valence electrons.